The number of aromatic hydroxyl groups is 1. The minimum atomic E-state index is -1.57. The summed E-state index contributed by atoms with van der Waals surface area (Å²) >= 11 is 0. The van der Waals surface area contributed by atoms with Crippen molar-refractivity contribution in [3.05, 3.63) is 20.8 Å². The van der Waals surface area contributed by atoms with E-state index in [1.807, 2.05) is 4.98 Å². The maximum absolute atomic E-state index is 11.5. The van der Waals surface area contributed by atoms with Crippen molar-refractivity contribution in [2.24, 2.45) is 10.2 Å². The maximum atomic E-state index is 11.5. The van der Waals surface area contributed by atoms with E-state index in [1.54, 1.807) is 4.98 Å². The molecule has 0 aromatic carbocycles. The van der Waals surface area contributed by atoms with Crippen LogP contribution in [0.3, 0.4) is 0 Å². The summed E-state index contributed by atoms with van der Waals surface area (Å²) in [6.07, 6.45) is -2.05. The zero-order chi connectivity index (χ0) is 14.9. The van der Waals surface area contributed by atoms with E-state index in [0.29, 0.717) is 0 Å². The largest absolute Gasteiger partial charge is 0.493 e. The van der Waals surface area contributed by atoms with Gasteiger partial charge in [-0.1, -0.05) is 0 Å². The van der Waals surface area contributed by atoms with E-state index in [2.05, 4.69) is 15.5 Å². The highest BCUT2D eigenvalue weighted by molar-refractivity contribution is 6.03. The summed E-state index contributed by atoms with van der Waals surface area (Å²) in [5, 5.41) is 27.6. The molecule has 0 radical (unpaired) electrons. The lowest BCUT2D eigenvalue weighted by atomic mass is 10.0. The predicted octanol–water partition coefficient (Wildman–Crippen LogP) is -2.37. The van der Waals surface area contributed by atoms with E-state index in [0.717, 1.165) is 0 Å². The van der Waals surface area contributed by atoms with Gasteiger partial charge < -0.3 is 15.5 Å². The summed E-state index contributed by atoms with van der Waals surface area (Å²) in [7, 11) is 0. The number of hydrogen-bond donors (Lipinski definition) is 5. The molecule has 5 N–H and O–H groups in total. The van der Waals surface area contributed by atoms with Crippen molar-refractivity contribution in [1.29, 1.82) is 0 Å². The number of Topliss-reactive ketones (excluding diaryl/α,β-unsaturated/α-hetero) is 1. The number of ketones is 1. The average Bonchev–Trinajstić information content (AvgIpc) is 2.30. The lowest BCUT2D eigenvalue weighted by molar-refractivity contribution is -0.137. The molecule has 20 heavy (non-hydrogen) atoms. The standard InChI is InChI=1S/C9H9N5O6/c15-2-1-3(16)10-6(17)4(2)13-14-5-7(18)11-9(20)12-8(5)19/h4,6,17H,1H2,(H,10,16)(H3,11,12,18,19,20). The number of carbonyl (C=O) groups is 2. The fourth-order valence-corrected chi connectivity index (χ4v) is 1.54. The van der Waals surface area contributed by atoms with Gasteiger partial charge >= 0.3 is 5.69 Å². The molecule has 11 heteroatoms. The molecule has 1 aliphatic heterocycles. The molecule has 0 spiro atoms. The molecular formula is C9H9N5O6. The van der Waals surface area contributed by atoms with Crippen LogP contribution in [0.5, 0.6) is 5.88 Å². The first-order valence-corrected chi connectivity index (χ1v) is 5.35. The first-order chi connectivity index (χ1) is 9.38. The highest BCUT2D eigenvalue weighted by Crippen LogP contribution is 2.18. The second-order valence-electron chi connectivity index (χ2n) is 3.92. The van der Waals surface area contributed by atoms with Gasteiger partial charge in [0, 0.05) is 0 Å². The van der Waals surface area contributed by atoms with Crippen molar-refractivity contribution in [2.75, 3.05) is 0 Å². The molecule has 106 valence electrons. The molecule has 0 saturated carbocycles. The first kappa shape index (κ1) is 13.6. The van der Waals surface area contributed by atoms with E-state index in [1.165, 1.54) is 0 Å². The Balaban J connectivity index is 2.30. The van der Waals surface area contributed by atoms with Crippen LogP contribution in [0.2, 0.25) is 0 Å². The number of nitrogens with zero attached hydrogens (tertiary/aromatic N) is 2. The van der Waals surface area contributed by atoms with Gasteiger partial charge in [-0.05, 0) is 0 Å². The summed E-state index contributed by atoms with van der Waals surface area (Å²) in [5.74, 6) is -2.17. The Labute approximate surface area is 109 Å². The van der Waals surface area contributed by atoms with E-state index >= 15 is 0 Å². The maximum Gasteiger partial charge on any atom is 0.328 e. The SMILES string of the molecule is O=C1CC(=O)C(N=Nc2c(O)[nH]c(=O)[nH]c2=O)C(O)N1. The Morgan fingerprint density at radius 3 is 2.45 bits per heavy atom. The molecule has 0 bridgehead atoms. The summed E-state index contributed by atoms with van der Waals surface area (Å²) in [5.41, 5.74) is -2.58. The molecule has 2 atom stereocenters. The summed E-state index contributed by atoms with van der Waals surface area (Å²) in [6.45, 7) is 0. The van der Waals surface area contributed by atoms with Crippen molar-refractivity contribution in [3.8, 4) is 5.88 Å². The number of piperidine rings is 1. The zero-order valence-corrected chi connectivity index (χ0v) is 9.78. The molecule has 1 aliphatic rings. The third kappa shape index (κ3) is 2.61. The number of hydrogen-bond acceptors (Lipinski definition) is 8. The molecule has 1 aromatic heterocycles. The number of amides is 1. The Bertz CT molecular complexity index is 704. The van der Waals surface area contributed by atoms with Crippen molar-refractivity contribution in [1.82, 2.24) is 15.3 Å². The van der Waals surface area contributed by atoms with Gasteiger partial charge in [0.15, 0.2) is 18.1 Å². The lowest BCUT2D eigenvalue weighted by Gasteiger charge is -2.22. The van der Waals surface area contributed by atoms with E-state index < -0.39 is 53.2 Å². The predicted molar refractivity (Wildman–Crippen MR) is 61.4 cm³/mol. The first-order valence-electron chi connectivity index (χ1n) is 5.35. The third-order valence-corrected chi connectivity index (χ3v) is 2.45. The fraction of sp³-hybridized carbons (Fsp3) is 0.333. The number of aromatic nitrogens is 2. The van der Waals surface area contributed by atoms with Crippen molar-refractivity contribution < 1.29 is 19.8 Å². The smallest absolute Gasteiger partial charge is 0.328 e. The number of rotatable bonds is 2. The van der Waals surface area contributed by atoms with Crippen LogP contribution in [0.4, 0.5) is 5.69 Å². The number of H-pyrrole nitrogens is 2. The van der Waals surface area contributed by atoms with Crippen LogP contribution in [0.25, 0.3) is 0 Å². The van der Waals surface area contributed by atoms with Gasteiger partial charge in [-0.3, -0.25) is 24.4 Å². The number of nitrogens with one attached hydrogen (secondary N) is 3. The van der Waals surface area contributed by atoms with Crippen molar-refractivity contribution >= 4 is 17.4 Å². The molecule has 0 aliphatic carbocycles. The van der Waals surface area contributed by atoms with Crippen LogP contribution in [-0.2, 0) is 9.59 Å². The average molecular weight is 283 g/mol. The third-order valence-electron chi connectivity index (χ3n) is 2.45. The Morgan fingerprint density at radius 1 is 1.15 bits per heavy atom. The van der Waals surface area contributed by atoms with Gasteiger partial charge in [-0.2, -0.15) is 5.11 Å². The molecule has 2 heterocycles. The van der Waals surface area contributed by atoms with Crippen LogP contribution in [0.1, 0.15) is 6.42 Å². The molecule has 2 unspecified atom stereocenters. The molecule has 1 saturated heterocycles. The Hall–Kier alpha value is -2.82. The van der Waals surface area contributed by atoms with Gasteiger partial charge in [-0.15, -0.1) is 5.11 Å². The number of aliphatic hydroxyl groups is 1. The topological polar surface area (TPSA) is 177 Å². The second kappa shape index (κ2) is 5.05. The fourth-order valence-electron chi connectivity index (χ4n) is 1.54. The number of aromatic amines is 2. The Kier molecular flexibility index (Phi) is 3.43. The quantitative estimate of drug-likeness (QED) is 0.299. The van der Waals surface area contributed by atoms with Gasteiger partial charge in [0.2, 0.25) is 17.5 Å². The zero-order valence-electron chi connectivity index (χ0n) is 9.78. The minimum Gasteiger partial charge on any atom is -0.493 e. The van der Waals surface area contributed by atoms with Crippen LogP contribution in [0, 0.1) is 0 Å². The molecule has 1 fully saturated rings. The van der Waals surface area contributed by atoms with Crippen LogP contribution < -0.4 is 16.6 Å². The molecular weight excluding hydrogens is 274 g/mol. The number of azo groups is 1. The normalized spacial score (nSPS) is 23.1. The van der Waals surface area contributed by atoms with Gasteiger partial charge in [0.25, 0.3) is 5.56 Å². The van der Waals surface area contributed by atoms with E-state index in [9.17, 15) is 29.4 Å². The van der Waals surface area contributed by atoms with Crippen molar-refractivity contribution in [2.45, 2.75) is 18.7 Å². The highest BCUT2D eigenvalue weighted by atomic mass is 16.3. The summed E-state index contributed by atoms with van der Waals surface area (Å²) < 4.78 is 0. The molecule has 1 aromatic rings. The van der Waals surface area contributed by atoms with Crippen molar-refractivity contribution in [3.63, 3.8) is 0 Å². The lowest BCUT2D eigenvalue weighted by Crippen LogP contribution is -2.52. The van der Waals surface area contributed by atoms with Gasteiger partial charge in [0.05, 0.1) is 6.42 Å². The summed E-state index contributed by atoms with van der Waals surface area (Å²) in [6, 6.07) is -1.39. The Morgan fingerprint density at radius 2 is 1.85 bits per heavy atom. The van der Waals surface area contributed by atoms with E-state index in [4.69, 9.17) is 0 Å². The summed E-state index contributed by atoms with van der Waals surface area (Å²) in [4.78, 5) is 48.3. The molecule has 2 rings (SSSR count). The van der Waals surface area contributed by atoms with Gasteiger partial charge in [0.1, 0.15) is 0 Å². The monoisotopic (exact) mass is 283 g/mol. The van der Waals surface area contributed by atoms with Crippen LogP contribution in [0.15, 0.2) is 19.8 Å². The van der Waals surface area contributed by atoms with Crippen LogP contribution in [-0.4, -0.2) is 44.1 Å². The van der Waals surface area contributed by atoms with E-state index in [-0.39, 0.29) is 0 Å². The molecule has 11 nitrogen and oxygen atoms in total. The van der Waals surface area contributed by atoms with Crippen LogP contribution >= 0.6 is 0 Å². The number of carbonyl (C=O) groups excluding carboxylic acids is 2. The molecule has 1 amide bonds. The highest BCUT2D eigenvalue weighted by Gasteiger charge is 2.34. The van der Waals surface area contributed by atoms with Gasteiger partial charge in [-0.25, -0.2) is 4.79 Å². The second-order valence-corrected chi connectivity index (χ2v) is 3.92. The minimum absolute atomic E-state index is 0.477. The number of aliphatic hydroxyl groups excluding tert-OH is 1.